The highest BCUT2D eigenvalue weighted by Gasteiger charge is 2.46. The molecule has 5 nitrogen and oxygen atoms in total. The smallest absolute Gasteiger partial charge is 0.408 e. The van der Waals surface area contributed by atoms with Crippen molar-refractivity contribution in [3.63, 3.8) is 0 Å². The number of halogens is 4. The standard InChI is InChI=1S/C20H16ClF3N2O3/c21-12-5-3-7-14-16(12)17(10-4-1-2-6-13(10)29-14)26-19(28)11-8-9-15(20(22,23)24)25-18(11)27/h1-7,11,15,17H,8-9H2,(H,25,27)(H,26,28). The van der Waals surface area contributed by atoms with Crippen molar-refractivity contribution in [2.75, 3.05) is 0 Å². The lowest BCUT2D eigenvalue weighted by Crippen LogP contribution is -2.54. The summed E-state index contributed by atoms with van der Waals surface area (Å²) in [6, 6.07) is 9.48. The summed E-state index contributed by atoms with van der Waals surface area (Å²) < 4.78 is 44.4. The van der Waals surface area contributed by atoms with Gasteiger partial charge in [-0.25, -0.2) is 0 Å². The van der Waals surface area contributed by atoms with Crippen LogP contribution in [0.1, 0.15) is 30.0 Å². The summed E-state index contributed by atoms with van der Waals surface area (Å²) in [6.07, 6.45) is -5.08. The van der Waals surface area contributed by atoms with Crippen molar-refractivity contribution >= 4 is 23.4 Å². The van der Waals surface area contributed by atoms with Gasteiger partial charge in [-0.2, -0.15) is 13.2 Å². The summed E-state index contributed by atoms with van der Waals surface area (Å²) in [5.41, 5.74) is 1.18. The Morgan fingerprint density at radius 2 is 1.83 bits per heavy atom. The van der Waals surface area contributed by atoms with Crippen LogP contribution in [-0.2, 0) is 9.59 Å². The molecule has 152 valence electrons. The third-order valence-corrected chi connectivity index (χ3v) is 5.46. The van der Waals surface area contributed by atoms with E-state index < -0.39 is 36.0 Å². The van der Waals surface area contributed by atoms with Crippen molar-refractivity contribution in [1.29, 1.82) is 0 Å². The van der Waals surface area contributed by atoms with E-state index in [2.05, 4.69) is 5.32 Å². The van der Waals surface area contributed by atoms with Gasteiger partial charge in [-0.1, -0.05) is 35.9 Å². The third kappa shape index (κ3) is 3.64. The average molecular weight is 425 g/mol. The van der Waals surface area contributed by atoms with Crippen molar-refractivity contribution in [1.82, 2.24) is 10.6 Å². The molecule has 2 aliphatic heterocycles. The Morgan fingerprint density at radius 3 is 2.55 bits per heavy atom. The molecule has 0 bridgehead atoms. The molecule has 0 aliphatic carbocycles. The zero-order chi connectivity index (χ0) is 20.8. The van der Waals surface area contributed by atoms with Crippen LogP contribution in [0.5, 0.6) is 11.5 Å². The SMILES string of the molecule is O=C(NC1c2ccccc2Oc2cccc(Cl)c21)C1CCC(C(F)(F)F)NC1=O. The van der Waals surface area contributed by atoms with Crippen LogP contribution in [0.3, 0.4) is 0 Å². The number of fused-ring (bicyclic) bond motifs is 2. The van der Waals surface area contributed by atoms with Crippen LogP contribution in [0.2, 0.25) is 5.02 Å². The van der Waals surface area contributed by atoms with E-state index in [-0.39, 0.29) is 12.8 Å². The van der Waals surface area contributed by atoms with Crippen molar-refractivity contribution in [3.05, 3.63) is 58.6 Å². The first-order valence-electron chi connectivity index (χ1n) is 8.98. The quantitative estimate of drug-likeness (QED) is 0.713. The predicted octanol–water partition coefficient (Wildman–Crippen LogP) is 4.11. The molecule has 1 saturated heterocycles. The maximum absolute atomic E-state index is 12.8. The van der Waals surface area contributed by atoms with Crippen molar-refractivity contribution in [3.8, 4) is 11.5 Å². The van der Waals surface area contributed by atoms with E-state index in [4.69, 9.17) is 16.3 Å². The summed E-state index contributed by atoms with van der Waals surface area (Å²) >= 11 is 6.34. The van der Waals surface area contributed by atoms with Gasteiger partial charge < -0.3 is 15.4 Å². The van der Waals surface area contributed by atoms with E-state index in [0.717, 1.165) is 0 Å². The van der Waals surface area contributed by atoms with Crippen LogP contribution < -0.4 is 15.4 Å². The number of piperidine rings is 1. The molecule has 2 amide bonds. The first-order valence-corrected chi connectivity index (χ1v) is 9.36. The molecule has 2 aromatic rings. The molecule has 2 aromatic carbocycles. The summed E-state index contributed by atoms with van der Waals surface area (Å²) in [5, 5.41) is 5.05. The molecular formula is C20H16ClF3N2O3. The zero-order valence-corrected chi connectivity index (χ0v) is 15.7. The lowest BCUT2D eigenvalue weighted by Gasteiger charge is -2.33. The number of rotatable bonds is 2. The van der Waals surface area contributed by atoms with Gasteiger partial charge in [-0.05, 0) is 31.0 Å². The predicted molar refractivity (Wildman–Crippen MR) is 98.7 cm³/mol. The Balaban J connectivity index is 1.60. The highest BCUT2D eigenvalue weighted by Crippen LogP contribution is 2.45. The zero-order valence-electron chi connectivity index (χ0n) is 14.9. The summed E-state index contributed by atoms with van der Waals surface area (Å²) in [7, 11) is 0. The lowest BCUT2D eigenvalue weighted by atomic mass is 9.90. The van der Waals surface area contributed by atoms with E-state index in [0.29, 0.717) is 27.6 Å². The van der Waals surface area contributed by atoms with Gasteiger partial charge >= 0.3 is 6.18 Å². The highest BCUT2D eigenvalue weighted by atomic mass is 35.5. The lowest BCUT2D eigenvalue weighted by molar-refractivity contribution is -0.171. The minimum atomic E-state index is -4.54. The van der Waals surface area contributed by atoms with Gasteiger partial charge in [0.05, 0.1) is 6.04 Å². The molecule has 2 N–H and O–H groups in total. The fraction of sp³-hybridized carbons (Fsp3) is 0.300. The molecule has 0 spiro atoms. The molecule has 2 heterocycles. The van der Waals surface area contributed by atoms with Gasteiger partial charge in [0.2, 0.25) is 11.8 Å². The monoisotopic (exact) mass is 424 g/mol. The number of carbonyl (C=O) groups is 2. The minimum absolute atomic E-state index is 0.192. The van der Waals surface area contributed by atoms with Crippen LogP contribution >= 0.6 is 11.6 Å². The van der Waals surface area contributed by atoms with E-state index in [9.17, 15) is 22.8 Å². The van der Waals surface area contributed by atoms with E-state index in [1.807, 2.05) is 5.32 Å². The first kappa shape index (κ1) is 19.6. The second-order valence-electron chi connectivity index (χ2n) is 6.97. The van der Waals surface area contributed by atoms with Crippen LogP contribution in [0.15, 0.2) is 42.5 Å². The number of hydrogen-bond donors (Lipinski definition) is 2. The average Bonchev–Trinajstić information content (AvgIpc) is 2.67. The Hall–Kier alpha value is -2.74. The van der Waals surface area contributed by atoms with E-state index in [1.165, 1.54) is 0 Å². The van der Waals surface area contributed by atoms with Crippen LogP contribution in [0, 0.1) is 5.92 Å². The van der Waals surface area contributed by atoms with Gasteiger partial charge in [-0.15, -0.1) is 0 Å². The molecule has 3 unspecified atom stereocenters. The molecule has 0 saturated carbocycles. The maximum atomic E-state index is 12.8. The fourth-order valence-electron chi connectivity index (χ4n) is 3.67. The molecule has 2 aliphatic rings. The van der Waals surface area contributed by atoms with Crippen LogP contribution in [0.4, 0.5) is 13.2 Å². The molecule has 29 heavy (non-hydrogen) atoms. The van der Waals surface area contributed by atoms with Gasteiger partial charge in [-0.3, -0.25) is 9.59 Å². The van der Waals surface area contributed by atoms with Crippen molar-refractivity contribution in [2.45, 2.75) is 31.1 Å². The Kier molecular flexibility index (Phi) is 4.90. The van der Waals surface area contributed by atoms with Crippen LogP contribution in [0.25, 0.3) is 0 Å². The van der Waals surface area contributed by atoms with E-state index >= 15 is 0 Å². The largest absolute Gasteiger partial charge is 0.457 e. The van der Waals surface area contributed by atoms with E-state index in [1.54, 1.807) is 42.5 Å². The second kappa shape index (κ2) is 7.26. The van der Waals surface area contributed by atoms with Gasteiger partial charge in [0.25, 0.3) is 0 Å². The number of carbonyl (C=O) groups excluding carboxylic acids is 2. The topological polar surface area (TPSA) is 67.4 Å². The van der Waals surface area contributed by atoms with Crippen LogP contribution in [-0.4, -0.2) is 24.0 Å². The Labute approximate surface area is 169 Å². The number of ether oxygens (including phenoxy) is 1. The molecule has 9 heteroatoms. The number of para-hydroxylation sites is 1. The number of hydrogen-bond acceptors (Lipinski definition) is 3. The number of nitrogens with one attached hydrogen (secondary N) is 2. The van der Waals surface area contributed by atoms with Gasteiger partial charge in [0.15, 0.2) is 0 Å². The normalized spacial score (nSPS) is 23.3. The fourth-order valence-corrected chi connectivity index (χ4v) is 3.94. The summed E-state index contributed by atoms with van der Waals surface area (Å²) in [6.45, 7) is 0. The highest BCUT2D eigenvalue weighted by molar-refractivity contribution is 6.31. The number of amides is 2. The molecule has 1 fully saturated rings. The molecule has 4 rings (SSSR count). The maximum Gasteiger partial charge on any atom is 0.408 e. The number of benzene rings is 2. The molecule has 0 aromatic heterocycles. The van der Waals surface area contributed by atoms with Crippen molar-refractivity contribution in [2.24, 2.45) is 5.92 Å². The van der Waals surface area contributed by atoms with Gasteiger partial charge in [0, 0.05) is 16.1 Å². The molecular weight excluding hydrogens is 409 g/mol. The molecule has 3 atom stereocenters. The Bertz CT molecular complexity index is 980. The third-order valence-electron chi connectivity index (χ3n) is 5.13. The van der Waals surface area contributed by atoms with Gasteiger partial charge in [0.1, 0.15) is 23.5 Å². The summed E-state index contributed by atoms with van der Waals surface area (Å²) in [5.74, 6) is -1.81. The Morgan fingerprint density at radius 1 is 1.10 bits per heavy atom. The first-order chi connectivity index (χ1) is 13.8. The molecule has 0 radical (unpaired) electrons. The minimum Gasteiger partial charge on any atom is -0.457 e. The number of alkyl halides is 3. The second-order valence-corrected chi connectivity index (χ2v) is 7.37. The van der Waals surface area contributed by atoms with Crippen molar-refractivity contribution < 1.29 is 27.5 Å². The summed E-state index contributed by atoms with van der Waals surface area (Å²) in [4.78, 5) is 25.0.